The summed E-state index contributed by atoms with van der Waals surface area (Å²) >= 11 is 0. The van der Waals surface area contributed by atoms with Crippen LogP contribution in [0, 0.1) is 5.41 Å². The van der Waals surface area contributed by atoms with Crippen LogP contribution in [0.4, 0.5) is 0 Å². The third-order valence-corrected chi connectivity index (χ3v) is 2.56. The highest BCUT2D eigenvalue weighted by atomic mass is 14.1. The molecule has 0 unspecified atom stereocenters. The Balaban J connectivity index is -0.000000169. The Morgan fingerprint density at radius 2 is 0.765 bits per heavy atom. The molecule has 0 nitrogen and oxygen atoms in total. The monoisotopic (exact) mass is 244 g/mol. The van der Waals surface area contributed by atoms with Gasteiger partial charge in [-0.15, -0.1) is 0 Å². The van der Waals surface area contributed by atoms with Crippen molar-refractivity contribution < 1.29 is 0 Å². The molecule has 1 saturated carbocycles. The van der Waals surface area contributed by atoms with Crippen LogP contribution >= 0.6 is 0 Å². The molecule has 1 aliphatic rings. The van der Waals surface area contributed by atoms with Crippen molar-refractivity contribution in [3.63, 3.8) is 0 Å². The van der Waals surface area contributed by atoms with E-state index in [1.807, 2.05) is 13.8 Å². The van der Waals surface area contributed by atoms with Gasteiger partial charge in [0.25, 0.3) is 0 Å². The van der Waals surface area contributed by atoms with Crippen molar-refractivity contribution in [3.05, 3.63) is 0 Å². The highest BCUT2D eigenvalue weighted by molar-refractivity contribution is 4.55. The summed E-state index contributed by atoms with van der Waals surface area (Å²) in [6, 6.07) is 0. The number of hydrogen-bond acceptors (Lipinski definition) is 0. The summed E-state index contributed by atoms with van der Waals surface area (Å²) in [5, 5.41) is 0. The summed E-state index contributed by atoms with van der Waals surface area (Å²) in [5.41, 5.74) is 0.542. The lowest BCUT2D eigenvalue weighted by Gasteiger charge is -2.12. The van der Waals surface area contributed by atoms with Gasteiger partial charge >= 0.3 is 0 Å². The minimum absolute atomic E-state index is 0.542. The Hall–Kier alpha value is 0. The maximum atomic E-state index is 2.24. The van der Waals surface area contributed by atoms with Gasteiger partial charge < -0.3 is 0 Å². The highest BCUT2D eigenvalue weighted by Crippen LogP contribution is 2.16. The summed E-state index contributed by atoms with van der Waals surface area (Å²) < 4.78 is 0. The van der Waals surface area contributed by atoms with Gasteiger partial charge in [-0.3, -0.25) is 0 Å². The van der Waals surface area contributed by atoms with Crippen LogP contribution in [-0.2, 0) is 0 Å². The van der Waals surface area contributed by atoms with E-state index in [9.17, 15) is 0 Å². The molecule has 0 amide bonds. The lowest BCUT2D eigenvalue weighted by molar-refractivity contribution is 0.398. The van der Waals surface area contributed by atoms with Gasteiger partial charge in [0.15, 0.2) is 0 Å². The van der Waals surface area contributed by atoms with Crippen LogP contribution in [0.1, 0.15) is 107 Å². The Morgan fingerprint density at radius 3 is 0.824 bits per heavy atom. The third kappa shape index (κ3) is 38.7. The van der Waals surface area contributed by atoms with Gasteiger partial charge in [-0.05, 0) is 5.41 Å². The molecule has 1 fully saturated rings. The molecule has 0 atom stereocenters. The van der Waals surface area contributed by atoms with E-state index in [2.05, 4.69) is 41.5 Å². The molecule has 0 heterocycles. The van der Waals surface area contributed by atoms with E-state index < -0.39 is 0 Å². The van der Waals surface area contributed by atoms with Gasteiger partial charge in [0.2, 0.25) is 0 Å². The largest absolute Gasteiger partial charge is 0.0683 e. The molecule has 0 aromatic carbocycles. The van der Waals surface area contributed by atoms with Crippen molar-refractivity contribution in [2.75, 3.05) is 0 Å². The zero-order valence-electron chi connectivity index (χ0n) is 14.2. The van der Waals surface area contributed by atoms with Gasteiger partial charge in [-0.2, -0.15) is 0 Å². The topological polar surface area (TPSA) is 0 Å². The molecule has 0 aliphatic heterocycles. The first kappa shape index (κ1) is 22.2. The minimum Gasteiger partial charge on any atom is -0.0683 e. The molecule has 0 N–H and O–H groups in total. The van der Waals surface area contributed by atoms with Crippen molar-refractivity contribution in [3.8, 4) is 0 Å². The van der Waals surface area contributed by atoms with Gasteiger partial charge in [-0.25, -0.2) is 0 Å². The Bertz CT molecular complexity index is 81.6. The molecule has 0 heteroatoms. The molecule has 0 spiro atoms. The van der Waals surface area contributed by atoms with E-state index in [0.29, 0.717) is 5.41 Å². The fraction of sp³-hybridized carbons (Fsp3) is 1.00. The van der Waals surface area contributed by atoms with E-state index >= 15 is 0 Å². The summed E-state index contributed by atoms with van der Waals surface area (Å²) in [4.78, 5) is 0. The summed E-state index contributed by atoms with van der Waals surface area (Å²) in [7, 11) is 0. The first-order valence-electron chi connectivity index (χ1n) is 7.97. The summed E-state index contributed by atoms with van der Waals surface area (Å²) in [6.45, 7) is 17.2. The molecule has 17 heavy (non-hydrogen) atoms. The fourth-order valence-electron chi connectivity index (χ4n) is 1.06. The summed E-state index contributed by atoms with van der Waals surface area (Å²) in [5.74, 6) is 0. The molecule has 0 aromatic rings. The average molecular weight is 245 g/mol. The Labute approximate surface area is 113 Å². The quantitative estimate of drug-likeness (QED) is 0.422. The van der Waals surface area contributed by atoms with Crippen molar-refractivity contribution in [2.24, 2.45) is 5.41 Å². The molecule has 0 radical (unpaired) electrons. The molecular formula is C17H40. The second kappa shape index (κ2) is 18.4. The second-order valence-corrected chi connectivity index (χ2v) is 5.74. The van der Waals surface area contributed by atoms with Crippen molar-refractivity contribution in [2.45, 2.75) is 107 Å². The lowest BCUT2D eigenvalue weighted by atomic mass is 9.94. The number of rotatable bonds is 0. The smallest absolute Gasteiger partial charge is 0.0385 e. The van der Waals surface area contributed by atoms with Crippen LogP contribution in [0.15, 0.2) is 0 Å². The van der Waals surface area contributed by atoms with Crippen LogP contribution in [0.25, 0.3) is 0 Å². The SMILES string of the molecule is C1CCCCC1.CC.CCC.CCC(C)(C)C. The van der Waals surface area contributed by atoms with E-state index in [1.54, 1.807) is 0 Å². The predicted molar refractivity (Wildman–Crippen MR) is 84.8 cm³/mol. The molecule has 0 aromatic heterocycles. The van der Waals surface area contributed by atoms with Crippen LogP contribution in [-0.4, -0.2) is 0 Å². The van der Waals surface area contributed by atoms with E-state index in [-0.39, 0.29) is 0 Å². The average Bonchev–Trinajstić information content (AvgIpc) is 2.35. The molecule has 1 rings (SSSR count). The Kier molecular flexibility index (Phi) is 24.0. The zero-order valence-corrected chi connectivity index (χ0v) is 14.2. The molecule has 108 valence electrons. The highest BCUT2D eigenvalue weighted by Gasteiger charge is 2.03. The first-order chi connectivity index (χ1) is 7.97. The van der Waals surface area contributed by atoms with Crippen LogP contribution in [0.5, 0.6) is 0 Å². The van der Waals surface area contributed by atoms with Crippen LogP contribution < -0.4 is 0 Å². The molecule has 1 aliphatic carbocycles. The molecular weight excluding hydrogens is 204 g/mol. The van der Waals surface area contributed by atoms with Crippen molar-refractivity contribution >= 4 is 0 Å². The van der Waals surface area contributed by atoms with Crippen LogP contribution in [0.3, 0.4) is 0 Å². The normalized spacial score (nSPS) is 14.1. The van der Waals surface area contributed by atoms with Gasteiger partial charge in [0, 0.05) is 0 Å². The van der Waals surface area contributed by atoms with E-state index in [0.717, 1.165) is 0 Å². The maximum absolute atomic E-state index is 2.24. The third-order valence-electron chi connectivity index (χ3n) is 2.56. The van der Waals surface area contributed by atoms with Gasteiger partial charge in [-0.1, -0.05) is 107 Å². The first-order valence-corrected chi connectivity index (χ1v) is 7.97. The summed E-state index contributed by atoms with van der Waals surface area (Å²) in [6.07, 6.45) is 11.5. The predicted octanol–water partition coefficient (Wildman–Crippen LogP) is 7.23. The maximum Gasteiger partial charge on any atom is -0.0385 e. The Morgan fingerprint density at radius 1 is 0.647 bits per heavy atom. The van der Waals surface area contributed by atoms with E-state index in [4.69, 9.17) is 0 Å². The van der Waals surface area contributed by atoms with Gasteiger partial charge in [0.05, 0.1) is 0 Å². The van der Waals surface area contributed by atoms with Crippen LogP contribution in [0.2, 0.25) is 0 Å². The molecule has 0 saturated heterocycles. The standard InChI is InChI=1S/C6H12.C6H14.C3H8.C2H6/c1-2-4-6-5-3-1;1-5-6(2,3)4;1-3-2;1-2/h1-6H2;5H2,1-4H3;3H2,1-2H3;1-2H3. The molecule has 0 bridgehead atoms. The van der Waals surface area contributed by atoms with E-state index in [1.165, 1.54) is 51.4 Å². The lowest BCUT2D eigenvalue weighted by Crippen LogP contribution is -2.00. The number of hydrogen-bond donors (Lipinski definition) is 0. The fourth-order valence-corrected chi connectivity index (χ4v) is 1.06. The van der Waals surface area contributed by atoms with Crippen molar-refractivity contribution in [1.29, 1.82) is 0 Å². The second-order valence-electron chi connectivity index (χ2n) is 5.74. The van der Waals surface area contributed by atoms with Gasteiger partial charge in [0.1, 0.15) is 0 Å². The minimum atomic E-state index is 0.542. The van der Waals surface area contributed by atoms with Crippen molar-refractivity contribution in [1.82, 2.24) is 0 Å². The zero-order chi connectivity index (χ0) is 14.2.